The Morgan fingerprint density at radius 1 is 1.00 bits per heavy atom. The van der Waals surface area contributed by atoms with Gasteiger partial charge in [-0.25, -0.2) is 0 Å². The lowest BCUT2D eigenvalue weighted by molar-refractivity contribution is -0.143. The SMILES string of the molecule is CCNC(=NCCCCCCC(=O)OCC)NCCNC(=O)C1CC1.I. The smallest absolute Gasteiger partial charge is 0.305 e. The molecule has 0 unspecified atom stereocenters. The van der Waals surface area contributed by atoms with Gasteiger partial charge in [-0.1, -0.05) is 12.8 Å². The van der Waals surface area contributed by atoms with Crippen LogP contribution in [0.4, 0.5) is 0 Å². The predicted molar refractivity (Wildman–Crippen MR) is 115 cm³/mol. The number of aliphatic imine (C=N–C) groups is 1. The molecule has 0 saturated heterocycles. The minimum absolute atomic E-state index is 0. The number of halogens is 1. The molecule has 152 valence electrons. The monoisotopic (exact) mass is 482 g/mol. The number of amides is 1. The lowest BCUT2D eigenvalue weighted by Crippen LogP contribution is -2.41. The first-order valence-corrected chi connectivity index (χ1v) is 9.62. The number of carbonyl (C=O) groups excluding carboxylic acids is 2. The fourth-order valence-electron chi connectivity index (χ4n) is 2.36. The fourth-order valence-corrected chi connectivity index (χ4v) is 2.36. The maximum absolute atomic E-state index is 11.5. The molecule has 1 amide bonds. The minimum Gasteiger partial charge on any atom is -0.466 e. The van der Waals surface area contributed by atoms with E-state index in [1.54, 1.807) is 0 Å². The van der Waals surface area contributed by atoms with Crippen LogP contribution in [-0.2, 0) is 14.3 Å². The molecule has 0 aliphatic heterocycles. The van der Waals surface area contributed by atoms with Crippen LogP contribution >= 0.6 is 24.0 Å². The quantitative estimate of drug-likeness (QED) is 0.123. The summed E-state index contributed by atoms with van der Waals surface area (Å²) in [7, 11) is 0. The molecule has 7 nitrogen and oxygen atoms in total. The van der Waals surface area contributed by atoms with E-state index in [0.29, 0.717) is 26.1 Å². The summed E-state index contributed by atoms with van der Waals surface area (Å²) in [4.78, 5) is 27.3. The van der Waals surface area contributed by atoms with Gasteiger partial charge in [-0.3, -0.25) is 14.6 Å². The van der Waals surface area contributed by atoms with Gasteiger partial charge in [0.25, 0.3) is 0 Å². The molecule has 0 radical (unpaired) electrons. The lowest BCUT2D eigenvalue weighted by atomic mass is 10.1. The van der Waals surface area contributed by atoms with E-state index in [0.717, 1.165) is 57.6 Å². The van der Waals surface area contributed by atoms with Crippen molar-refractivity contribution in [3.63, 3.8) is 0 Å². The Kier molecular flexibility index (Phi) is 15.5. The first-order chi connectivity index (χ1) is 12.2. The third-order valence-electron chi connectivity index (χ3n) is 3.87. The van der Waals surface area contributed by atoms with Crippen molar-refractivity contribution in [1.82, 2.24) is 16.0 Å². The van der Waals surface area contributed by atoms with Crippen molar-refractivity contribution in [2.24, 2.45) is 10.9 Å². The molecular formula is C18H35IN4O3. The molecule has 0 heterocycles. The predicted octanol–water partition coefficient (Wildman–Crippen LogP) is 2.20. The molecule has 1 fully saturated rings. The summed E-state index contributed by atoms with van der Waals surface area (Å²) >= 11 is 0. The van der Waals surface area contributed by atoms with Gasteiger partial charge < -0.3 is 20.7 Å². The molecule has 1 aliphatic rings. The van der Waals surface area contributed by atoms with Crippen LogP contribution in [0.15, 0.2) is 4.99 Å². The van der Waals surface area contributed by atoms with Crippen LogP contribution in [0.3, 0.4) is 0 Å². The number of nitrogens with zero attached hydrogens (tertiary/aromatic N) is 1. The number of hydrogen-bond donors (Lipinski definition) is 3. The summed E-state index contributed by atoms with van der Waals surface area (Å²) in [6.45, 7) is 7.16. The van der Waals surface area contributed by atoms with Crippen molar-refractivity contribution >= 4 is 41.8 Å². The standard InChI is InChI=1S/C18H34N4O3.HI/c1-3-19-18(22-14-13-20-17(24)15-10-11-15)21-12-8-6-5-7-9-16(23)25-4-2;/h15H,3-14H2,1-2H3,(H,20,24)(H2,19,21,22);1H. The summed E-state index contributed by atoms with van der Waals surface area (Å²) in [6, 6.07) is 0. The van der Waals surface area contributed by atoms with Crippen LogP contribution in [0.25, 0.3) is 0 Å². The van der Waals surface area contributed by atoms with Crippen LogP contribution in [0, 0.1) is 5.92 Å². The van der Waals surface area contributed by atoms with E-state index in [9.17, 15) is 9.59 Å². The van der Waals surface area contributed by atoms with Crippen molar-refractivity contribution in [2.45, 2.75) is 58.8 Å². The second kappa shape index (κ2) is 16.1. The van der Waals surface area contributed by atoms with E-state index in [1.807, 2.05) is 13.8 Å². The Morgan fingerprint density at radius 3 is 2.35 bits per heavy atom. The van der Waals surface area contributed by atoms with Crippen LogP contribution in [0.1, 0.15) is 58.8 Å². The molecule has 8 heteroatoms. The van der Waals surface area contributed by atoms with Gasteiger partial charge >= 0.3 is 5.97 Å². The fraction of sp³-hybridized carbons (Fsp3) is 0.833. The van der Waals surface area contributed by atoms with Gasteiger partial charge in [-0.2, -0.15) is 0 Å². The van der Waals surface area contributed by atoms with Gasteiger partial charge in [0.05, 0.1) is 6.61 Å². The van der Waals surface area contributed by atoms with E-state index in [1.165, 1.54) is 0 Å². The molecule has 1 aliphatic carbocycles. The van der Waals surface area contributed by atoms with Crippen LogP contribution in [0.2, 0.25) is 0 Å². The lowest BCUT2D eigenvalue weighted by Gasteiger charge is -2.11. The number of carbonyl (C=O) groups is 2. The highest BCUT2D eigenvalue weighted by atomic mass is 127. The molecule has 0 bridgehead atoms. The number of nitrogens with one attached hydrogen (secondary N) is 3. The largest absolute Gasteiger partial charge is 0.466 e. The van der Waals surface area contributed by atoms with E-state index < -0.39 is 0 Å². The third-order valence-corrected chi connectivity index (χ3v) is 3.87. The Bertz CT molecular complexity index is 429. The molecule has 26 heavy (non-hydrogen) atoms. The van der Waals surface area contributed by atoms with Gasteiger partial charge in [-0.15, -0.1) is 24.0 Å². The maximum Gasteiger partial charge on any atom is 0.305 e. The number of hydrogen-bond acceptors (Lipinski definition) is 4. The molecule has 1 rings (SSSR count). The van der Waals surface area contributed by atoms with Gasteiger partial charge in [-0.05, 0) is 39.5 Å². The number of guanidine groups is 1. The Labute approximate surface area is 174 Å². The number of rotatable bonds is 13. The van der Waals surface area contributed by atoms with Crippen molar-refractivity contribution in [3.05, 3.63) is 0 Å². The van der Waals surface area contributed by atoms with Crippen molar-refractivity contribution < 1.29 is 14.3 Å². The van der Waals surface area contributed by atoms with E-state index >= 15 is 0 Å². The Morgan fingerprint density at radius 2 is 1.69 bits per heavy atom. The molecule has 0 aromatic carbocycles. The van der Waals surface area contributed by atoms with E-state index in [2.05, 4.69) is 20.9 Å². The highest BCUT2D eigenvalue weighted by molar-refractivity contribution is 14.0. The van der Waals surface area contributed by atoms with Gasteiger partial charge in [0.1, 0.15) is 0 Å². The van der Waals surface area contributed by atoms with Gasteiger partial charge in [0.2, 0.25) is 5.91 Å². The molecule has 3 N–H and O–H groups in total. The zero-order chi connectivity index (χ0) is 18.3. The Hall–Kier alpha value is -1.06. The summed E-state index contributed by atoms with van der Waals surface area (Å²) < 4.78 is 4.90. The normalized spacial score (nSPS) is 13.5. The topological polar surface area (TPSA) is 91.8 Å². The molecule has 0 atom stereocenters. The summed E-state index contributed by atoms with van der Waals surface area (Å²) in [5.74, 6) is 1.11. The van der Waals surface area contributed by atoms with E-state index in [-0.39, 0.29) is 41.8 Å². The van der Waals surface area contributed by atoms with E-state index in [4.69, 9.17) is 4.74 Å². The molecule has 0 aromatic heterocycles. The second-order valence-electron chi connectivity index (χ2n) is 6.22. The molecule has 0 aromatic rings. The Balaban J connectivity index is 0.00000625. The van der Waals surface area contributed by atoms with Crippen molar-refractivity contribution in [2.75, 3.05) is 32.8 Å². The van der Waals surface area contributed by atoms with Crippen molar-refractivity contribution in [3.8, 4) is 0 Å². The number of ether oxygens (including phenoxy) is 1. The second-order valence-corrected chi connectivity index (χ2v) is 6.22. The number of esters is 1. The molecular weight excluding hydrogens is 447 g/mol. The van der Waals surface area contributed by atoms with Crippen LogP contribution < -0.4 is 16.0 Å². The average Bonchev–Trinajstić information content (AvgIpc) is 3.42. The zero-order valence-electron chi connectivity index (χ0n) is 16.1. The summed E-state index contributed by atoms with van der Waals surface area (Å²) in [6.07, 6.45) is 6.52. The first kappa shape index (κ1) is 24.9. The zero-order valence-corrected chi connectivity index (χ0v) is 18.5. The average molecular weight is 482 g/mol. The molecule has 0 spiro atoms. The summed E-state index contributed by atoms with van der Waals surface area (Å²) in [5, 5.41) is 9.36. The van der Waals surface area contributed by atoms with Crippen LogP contribution in [0.5, 0.6) is 0 Å². The minimum atomic E-state index is -0.104. The molecule has 1 saturated carbocycles. The highest BCUT2D eigenvalue weighted by Gasteiger charge is 2.28. The van der Waals surface area contributed by atoms with Crippen molar-refractivity contribution in [1.29, 1.82) is 0 Å². The van der Waals surface area contributed by atoms with Gasteiger partial charge in [0, 0.05) is 38.5 Å². The first-order valence-electron chi connectivity index (χ1n) is 9.62. The van der Waals surface area contributed by atoms with Crippen LogP contribution in [-0.4, -0.2) is 50.6 Å². The summed E-state index contributed by atoms with van der Waals surface area (Å²) in [5.41, 5.74) is 0. The van der Waals surface area contributed by atoms with Gasteiger partial charge in [0.15, 0.2) is 5.96 Å². The maximum atomic E-state index is 11.5. The number of unbranched alkanes of at least 4 members (excludes halogenated alkanes) is 3. The highest BCUT2D eigenvalue weighted by Crippen LogP contribution is 2.28. The third kappa shape index (κ3) is 13.2.